The first-order chi connectivity index (χ1) is 52.5. The van der Waals surface area contributed by atoms with Crippen molar-refractivity contribution in [1.82, 2.24) is 9.13 Å². The third kappa shape index (κ3) is 7.96. The first kappa shape index (κ1) is 59.0. The molecule has 492 valence electrons. The topological polar surface area (TPSA) is 42.6 Å². The molecule has 0 amide bonds. The maximum Gasteiger partial charge on any atom is 0.246 e. The van der Waals surface area contributed by atoms with Crippen LogP contribution in [0.2, 0.25) is 0 Å². The Hall–Kier alpha value is -13.6. The lowest BCUT2D eigenvalue weighted by Gasteiger charge is -2.40. The normalized spacial score (nSPS) is 15.1. The van der Waals surface area contributed by atoms with E-state index in [2.05, 4.69) is 372 Å². The fraction of sp³-hybridized carbons (Fsp3) is 0.0204. The highest BCUT2D eigenvalue weighted by Crippen LogP contribution is 2.67. The molecule has 0 N–H and O–H groups in total. The summed E-state index contributed by atoms with van der Waals surface area (Å²) < 4.78 is 18.5. The summed E-state index contributed by atoms with van der Waals surface area (Å²) in [6, 6.07) is 126. The minimum atomic E-state index is -0.969. The van der Waals surface area contributed by atoms with Crippen molar-refractivity contribution in [3.63, 3.8) is 0 Å². The lowest BCUT2D eigenvalue weighted by Crippen LogP contribution is -2.57. The highest BCUT2D eigenvalue weighted by Gasteiger charge is 2.56. The molecule has 106 heavy (non-hydrogen) atoms. The van der Waals surface area contributed by atoms with Crippen LogP contribution in [-0.2, 0) is 5.41 Å². The molecule has 6 heterocycles. The number of benzene rings is 15. The lowest BCUT2D eigenvalue weighted by atomic mass is 9.34. The summed E-state index contributed by atoms with van der Waals surface area (Å²) >= 11 is 0. The van der Waals surface area contributed by atoms with E-state index in [1.54, 1.807) is 0 Å². The Morgan fingerprint density at radius 1 is 0.330 bits per heavy atom. The van der Waals surface area contributed by atoms with Crippen molar-refractivity contribution in [3.8, 4) is 22.5 Å². The van der Waals surface area contributed by atoms with E-state index in [1.165, 1.54) is 65.8 Å². The molecule has 1 unspecified atom stereocenters. The van der Waals surface area contributed by atoms with Crippen LogP contribution in [-0.4, -0.2) is 22.6 Å². The lowest BCUT2D eigenvalue weighted by molar-refractivity contribution is 0.669. The van der Waals surface area contributed by atoms with Gasteiger partial charge >= 0.3 is 0 Å². The molecule has 1 atom stereocenters. The Labute approximate surface area is 612 Å². The van der Waals surface area contributed by atoms with Gasteiger partial charge in [-0.1, -0.05) is 260 Å². The maximum absolute atomic E-state index is 6.79. The van der Waals surface area contributed by atoms with Crippen LogP contribution in [0.4, 0.5) is 28.4 Å². The molecule has 0 bridgehead atoms. The van der Waals surface area contributed by atoms with Gasteiger partial charge in [0.2, 0.25) is 13.4 Å². The quantitative estimate of drug-likeness (QED) is 0.142. The van der Waals surface area contributed by atoms with Crippen LogP contribution in [0.1, 0.15) is 29.2 Å². The number of nitrogens with zero attached hydrogens (tertiary/aromatic N) is 4. The molecule has 6 nitrogen and oxygen atoms in total. The van der Waals surface area contributed by atoms with Gasteiger partial charge in [0.25, 0.3) is 0 Å². The minimum absolute atomic E-state index is 0.0997. The molecule has 2 aliphatic heterocycles. The summed E-state index contributed by atoms with van der Waals surface area (Å²) in [5, 5.41) is 9.04. The van der Waals surface area contributed by atoms with Gasteiger partial charge in [-0.2, -0.15) is 0 Å². The van der Waals surface area contributed by atoms with Crippen molar-refractivity contribution in [1.29, 1.82) is 0 Å². The maximum atomic E-state index is 6.79. The average Bonchev–Trinajstić information content (AvgIpc) is 1.49. The number of para-hydroxylation sites is 8. The van der Waals surface area contributed by atoms with Crippen molar-refractivity contribution in [2.45, 2.75) is 12.3 Å². The summed E-state index contributed by atoms with van der Waals surface area (Å²) in [5.41, 5.74) is 32.5. The molecule has 0 radical (unpaired) electrons. The van der Waals surface area contributed by atoms with Crippen LogP contribution in [0.5, 0.6) is 0 Å². The van der Waals surface area contributed by atoms with Crippen molar-refractivity contribution in [3.05, 3.63) is 391 Å². The van der Waals surface area contributed by atoms with E-state index in [1.807, 2.05) is 0 Å². The number of fused-ring (bicyclic) bond motifs is 23. The van der Waals surface area contributed by atoms with E-state index < -0.39 is 5.41 Å². The van der Waals surface area contributed by atoms with Gasteiger partial charge in [-0.05, 0) is 160 Å². The molecule has 0 fully saturated rings. The predicted molar refractivity (Wildman–Crippen MR) is 444 cm³/mol. The van der Waals surface area contributed by atoms with Gasteiger partial charge < -0.3 is 27.8 Å². The standard InChI is InChI=1S/C98H62B2N4O2/c1-3-77-94(96-60(2)99(61-28-8-4-9-29-61)81-40-20-24-44-86(81)103(96)63-32-12-6-13-33-63)75-54-66(102-84-42-22-16-36-67(84)71-56-73-69-38-18-26-46-90(69)106-93(73)59-89(71)102)49-50-78(75)98(77)79-51-48-65(101-85-43-23-17-37-68(85)72-58-92-74(57-88(72)101)70-39-19-27-47-91(70)105-92)55-76(79)95-80(98)52-53-83-97(95)104(64-34-14-7-15-35-64)87-45-25-21-41-82(87)100(83)62-30-10-5-11-31-62/h3-59H,1H2,2H3. The van der Waals surface area contributed by atoms with Crippen molar-refractivity contribution >= 4 is 162 Å². The summed E-state index contributed by atoms with van der Waals surface area (Å²) in [7, 11) is 0. The van der Waals surface area contributed by atoms with Gasteiger partial charge in [-0.3, -0.25) is 0 Å². The van der Waals surface area contributed by atoms with E-state index in [4.69, 9.17) is 15.4 Å². The Morgan fingerprint density at radius 3 is 1.42 bits per heavy atom. The molecule has 0 saturated heterocycles. The summed E-state index contributed by atoms with van der Waals surface area (Å²) in [6.45, 7) is 7.34. The van der Waals surface area contributed by atoms with Gasteiger partial charge in [-0.25, -0.2) is 0 Å². The SMILES string of the molecule is C=CC1=C(C2=C(C)B(c3ccccc3)c3ccccc3N2c2ccccc2)c2cc(-n3c4ccccc4c4cc5c(cc43)oc3ccccc35)ccc2C12c1ccc(-n3c4ccccc4c4cc5oc6ccccc6c5cc43)cc1-c1c2ccc2c1N(c1ccccc1)c1ccccc1B2c1ccccc1. The molecular weight excluding hydrogens is 1290 g/mol. The van der Waals surface area contributed by atoms with Gasteiger partial charge in [-0.15, -0.1) is 0 Å². The molecule has 1 spiro atoms. The summed E-state index contributed by atoms with van der Waals surface area (Å²) in [5.74, 6) is 0. The zero-order valence-corrected chi connectivity index (χ0v) is 57.9. The predicted octanol–water partition coefficient (Wildman–Crippen LogP) is 21.5. The van der Waals surface area contributed by atoms with E-state index in [9.17, 15) is 0 Å². The highest BCUT2D eigenvalue weighted by atomic mass is 16.3. The molecule has 15 aromatic carbocycles. The second-order valence-electron chi connectivity index (χ2n) is 28.9. The number of allylic oxidation sites excluding steroid dienone is 4. The zero-order valence-electron chi connectivity index (χ0n) is 57.9. The fourth-order valence-electron chi connectivity index (χ4n) is 19.6. The van der Waals surface area contributed by atoms with E-state index in [0.717, 1.165) is 144 Å². The number of aromatic nitrogens is 2. The molecule has 2 aliphatic carbocycles. The number of anilines is 5. The van der Waals surface area contributed by atoms with Crippen LogP contribution in [0.15, 0.2) is 378 Å². The Bertz CT molecular complexity index is 7080. The van der Waals surface area contributed by atoms with Gasteiger partial charge in [0.05, 0.1) is 27.5 Å². The average molecular weight is 1350 g/mol. The molecule has 4 aliphatic rings. The Kier molecular flexibility index (Phi) is 12.4. The molecular formula is C98H62B2N4O2. The van der Waals surface area contributed by atoms with Crippen molar-refractivity contribution in [2.24, 2.45) is 0 Å². The molecule has 23 rings (SSSR count). The highest BCUT2D eigenvalue weighted by molar-refractivity contribution is 6.98. The van der Waals surface area contributed by atoms with Gasteiger partial charge in [0.15, 0.2) is 0 Å². The molecule has 19 aromatic rings. The number of rotatable bonds is 8. The van der Waals surface area contributed by atoms with E-state index in [-0.39, 0.29) is 13.4 Å². The summed E-state index contributed by atoms with van der Waals surface area (Å²) in [6.07, 6.45) is 2.24. The second kappa shape index (κ2) is 22.2. The van der Waals surface area contributed by atoms with Crippen molar-refractivity contribution < 1.29 is 8.83 Å². The van der Waals surface area contributed by atoms with E-state index >= 15 is 0 Å². The third-order valence-electron chi connectivity index (χ3n) is 23.8. The molecule has 8 heteroatoms. The van der Waals surface area contributed by atoms with Crippen LogP contribution in [0.3, 0.4) is 0 Å². The number of hydrogen-bond donors (Lipinski definition) is 0. The van der Waals surface area contributed by atoms with Crippen LogP contribution in [0, 0.1) is 0 Å². The molecule has 0 saturated carbocycles. The van der Waals surface area contributed by atoms with Crippen molar-refractivity contribution in [2.75, 3.05) is 9.80 Å². The van der Waals surface area contributed by atoms with Gasteiger partial charge in [0.1, 0.15) is 22.3 Å². The van der Waals surface area contributed by atoms with E-state index in [0.29, 0.717) is 0 Å². The number of hydrogen-bond acceptors (Lipinski definition) is 4. The van der Waals surface area contributed by atoms with Crippen LogP contribution < -0.4 is 37.1 Å². The monoisotopic (exact) mass is 1350 g/mol. The Morgan fingerprint density at radius 2 is 0.792 bits per heavy atom. The number of furan rings is 2. The third-order valence-corrected chi connectivity index (χ3v) is 23.8. The van der Waals surface area contributed by atoms with Crippen LogP contribution in [0.25, 0.3) is 116 Å². The zero-order chi connectivity index (χ0) is 69.6. The largest absolute Gasteiger partial charge is 0.456 e. The smallest absolute Gasteiger partial charge is 0.246 e. The Balaban J connectivity index is 0.884. The first-order valence-electron chi connectivity index (χ1n) is 36.7. The van der Waals surface area contributed by atoms with Gasteiger partial charge in [0, 0.05) is 106 Å². The first-order valence-corrected chi connectivity index (χ1v) is 36.7. The fourth-order valence-corrected chi connectivity index (χ4v) is 19.6. The summed E-state index contributed by atoms with van der Waals surface area (Å²) in [4.78, 5) is 5.16. The minimum Gasteiger partial charge on any atom is -0.456 e. The van der Waals surface area contributed by atoms with Crippen LogP contribution >= 0.6 is 0 Å². The second-order valence-corrected chi connectivity index (χ2v) is 28.9. The molecule has 4 aromatic heterocycles.